The van der Waals surface area contributed by atoms with E-state index >= 15 is 0 Å². The maximum atomic E-state index is 12.4. The molecule has 0 aliphatic rings. The molecule has 1 unspecified atom stereocenters. The van der Waals surface area contributed by atoms with Crippen molar-refractivity contribution >= 4 is 10.2 Å². The fourth-order valence-electron chi connectivity index (χ4n) is 1.37. The van der Waals surface area contributed by atoms with Crippen LogP contribution in [0.5, 0.6) is 0 Å². The van der Waals surface area contributed by atoms with Gasteiger partial charge in [0.2, 0.25) is 0 Å². The summed E-state index contributed by atoms with van der Waals surface area (Å²) < 4.78 is 27.2. The normalized spacial score (nSPS) is 14.7. The van der Waals surface area contributed by atoms with E-state index < -0.39 is 16.4 Å². The van der Waals surface area contributed by atoms with E-state index in [1.54, 1.807) is 28.1 Å². The fourth-order valence-corrected chi connectivity index (χ4v) is 2.97. The van der Waals surface area contributed by atoms with Crippen molar-refractivity contribution in [1.82, 2.24) is 24.6 Å². The van der Waals surface area contributed by atoms with Crippen LogP contribution in [-0.2, 0) is 10.2 Å². The third-order valence-corrected chi connectivity index (χ3v) is 4.28. The summed E-state index contributed by atoms with van der Waals surface area (Å²) in [6.45, 7) is 4.69. The second kappa shape index (κ2) is 8.00. The summed E-state index contributed by atoms with van der Waals surface area (Å²) in [5, 5.41) is 4.30. The van der Waals surface area contributed by atoms with E-state index in [0.717, 1.165) is 4.52 Å². The van der Waals surface area contributed by atoms with Crippen LogP contribution in [0.25, 0.3) is 0 Å². The molecule has 4 N–H and O–H groups in total. The van der Waals surface area contributed by atoms with Gasteiger partial charge in [0.05, 0.1) is 6.17 Å². The molecule has 110 valence electrons. The third kappa shape index (κ3) is 4.76. The Kier molecular flexibility index (Phi) is 7.87. The van der Waals surface area contributed by atoms with Crippen molar-refractivity contribution in [3.8, 4) is 0 Å². The van der Waals surface area contributed by atoms with Gasteiger partial charge in [0.1, 0.15) is 0 Å². The lowest BCUT2D eigenvalue weighted by molar-refractivity contribution is 0.0634. The van der Waals surface area contributed by atoms with Gasteiger partial charge in [-0.1, -0.05) is 18.4 Å². The average Bonchev–Trinajstić information content (AvgIpc) is 2.31. The predicted octanol–water partition coefficient (Wildman–Crippen LogP) is -1.64. The van der Waals surface area contributed by atoms with Crippen molar-refractivity contribution in [2.24, 2.45) is 5.73 Å². The lowest BCUT2D eigenvalue weighted by Gasteiger charge is -2.33. The van der Waals surface area contributed by atoms with Crippen molar-refractivity contribution in [3.05, 3.63) is 0 Å². The highest BCUT2D eigenvalue weighted by Crippen LogP contribution is 2.07. The van der Waals surface area contributed by atoms with Crippen LogP contribution in [0.4, 0.5) is 0 Å². The van der Waals surface area contributed by atoms with Gasteiger partial charge in [-0.25, -0.2) is 10.4 Å². The molecule has 9 heteroatoms. The minimum absolute atomic E-state index is 0.213. The van der Waals surface area contributed by atoms with Crippen LogP contribution < -0.4 is 16.5 Å². The van der Waals surface area contributed by atoms with Gasteiger partial charge in [-0.05, 0) is 7.05 Å². The number of nitrogens with zero attached hydrogens (tertiary/aromatic N) is 3. The molecule has 8 nitrogen and oxygen atoms in total. The molecule has 0 aliphatic carbocycles. The second-order valence-corrected chi connectivity index (χ2v) is 5.71. The molecular formula is C9H26N6O2S. The molecule has 0 amide bonds. The first-order chi connectivity index (χ1) is 8.31. The second-order valence-electron chi connectivity index (χ2n) is 3.96. The molecule has 1 atom stereocenters. The van der Waals surface area contributed by atoms with Crippen LogP contribution in [0.1, 0.15) is 13.8 Å². The Morgan fingerprint density at radius 3 is 2.17 bits per heavy atom. The van der Waals surface area contributed by atoms with Crippen molar-refractivity contribution in [2.45, 2.75) is 20.0 Å². The Labute approximate surface area is 110 Å². The first-order valence-electron chi connectivity index (χ1n) is 5.95. The summed E-state index contributed by atoms with van der Waals surface area (Å²) in [5.74, 6) is 0. The van der Waals surface area contributed by atoms with Crippen LogP contribution >= 0.6 is 0 Å². The third-order valence-electron chi connectivity index (χ3n) is 2.33. The number of hydrogen-bond acceptors (Lipinski definition) is 6. The zero-order valence-corrected chi connectivity index (χ0v) is 12.7. The predicted molar refractivity (Wildman–Crippen MR) is 72.4 cm³/mol. The number of nitrogens with two attached hydrogens (primary N) is 1. The van der Waals surface area contributed by atoms with E-state index in [9.17, 15) is 8.42 Å². The lowest BCUT2D eigenvalue weighted by Crippen LogP contribution is -2.58. The first-order valence-corrected chi connectivity index (χ1v) is 7.34. The van der Waals surface area contributed by atoms with Gasteiger partial charge >= 0.3 is 10.2 Å². The minimum atomic E-state index is -3.62. The van der Waals surface area contributed by atoms with Crippen LogP contribution in [-0.4, -0.2) is 69.2 Å². The largest absolute Gasteiger partial charge is 0.315 e. The molecule has 0 spiro atoms. The van der Waals surface area contributed by atoms with Crippen LogP contribution in [0.3, 0.4) is 0 Å². The van der Waals surface area contributed by atoms with Gasteiger partial charge in [-0.3, -0.25) is 0 Å². The van der Waals surface area contributed by atoms with Gasteiger partial charge < -0.3 is 11.1 Å². The van der Waals surface area contributed by atoms with Gasteiger partial charge in [0, 0.05) is 33.7 Å². The quantitative estimate of drug-likeness (QED) is 0.347. The van der Waals surface area contributed by atoms with Gasteiger partial charge in [-0.2, -0.15) is 12.7 Å². The van der Waals surface area contributed by atoms with E-state index in [-0.39, 0.29) is 6.54 Å². The van der Waals surface area contributed by atoms with E-state index in [0.29, 0.717) is 13.1 Å². The van der Waals surface area contributed by atoms with Crippen molar-refractivity contribution in [2.75, 3.05) is 40.8 Å². The van der Waals surface area contributed by atoms with Gasteiger partial charge in [-0.15, -0.1) is 0 Å². The summed E-state index contributed by atoms with van der Waals surface area (Å²) in [6, 6.07) is 0. The Balaban J connectivity index is 5.03. The van der Waals surface area contributed by atoms with E-state index in [1.165, 1.54) is 9.31 Å². The average molecular weight is 282 g/mol. The summed E-state index contributed by atoms with van der Waals surface area (Å²) in [6.07, 6.45) is -0.398. The smallest absolute Gasteiger partial charge is 0.308 e. The van der Waals surface area contributed by atoms with Crippen molar-refractivity contribution < 1.29 is 8.42 Å². The minimum Gasteiger partial charge on any atom is -0.315 e. The molecule has 0 aromatic rings. The van der Waals surface area contributed by atoms with Gasteiger partial charge in [0.15, 0.2) is 0 Å². The zero-order chi connectivity index (χ0) is 14.3. The van der Waals surface area contributed by atoms with E-state index in [2.05, 4.69) is 10.7 Å². The number of nitrogens with one attached hydrogen (secondary N) is 2. The molecular weight excluding hydrogens is 256 g/mol. The SMILES string of the molecule is CCNN(N(C)C)S(=O)(=O)N(CC)CC(N)NC. The highest BCUT2D eigenvalue weighted by molar-refractivity contribution is 7.86. The number of hydrazine groups is 2. The Hall–Kier alpha value is -0.290. The topological polar surface area (TPSA) is 93.9 Å². The summed E-state index contributed by atoms with van der Waals surface area (Å²) in [7, 11) is 1.39. The Morgan fingerprint density at radius 1 is 1.28 bits per heavy atom. The molecule has 18 heavy (non-hydrogen) atoms. The van der Waals surface area contributed by atoms with Gasteiger partial charge in [0.25, 0.3) is 0 Å². The van der Waals surface area contributed by atoms with Crippen LogP contribution in [0.15, 0.2) is 0 Å². The Morgan fingerprint density at radius 2 is 1.83 bits per heavy atom. The lowest BCUT2D eigenvalue weighted by atomic mass is 10.5. The van der Waals surface area contributed by atoms with E-state index in [4.69, 9.17) is 5.73 Å². The number of rotatable bonds is 9. The molecule has 0 heterocycles. The molecule has 0 bridgehead atoms. The number of likely N-dealkylation sites (N-methyl/N-ethyl adjacent to an activating group) is 2. The first kappa shape index (κ1) is 17.7. The molecule has 0 saturated heterocycles. The fraction of sp³-hybridized carbons (Fsp3) is 1.00. The summed E-state index contributed by atoms with van der Waals surface area (Å²) in [5.41, 5.74) is 8.52. The maximum Gasteiger partial charge on any atom is 0.308 e. The standard InChI is InChI=1S/C9H26N6O2S/c1-6-12-15(13(4)5)18(16,17)14(7-2)8-9(10)11-3/h9,11-12H,6-8,10H2,1-5H3. The monoisotopic (exact) mass is 282 g/mol. The zero-order valence-electron chi connectivity index (χ0n) is 11.8. The summed E-state index contributed by atoms with van der Waals surface area (Å²) in [4.78, 5) is 0. The molecule has 0 aliphatic heterocycles. The molecule has 0 fully saturated rings. The summed E-state index contributed by atoms with van der Waals surface area (Å²) >= 11 is 0. The Bertz CT molecular complexity index is 321. The van der Waals surface area contributed by atoms with E-state index in [1.807, 2.05) is 6.92 Å². The van der Waals surface area contributed by atoms with Crippen molar-refractivity contribution in [1.29, 1.82) is 0 Å². The van der Waals surface area contributed by atoms with Crippen molar-refractivity contribution in [3.63, 3.8) is 0 Å². The van der Waals surface area contributed by atoms with Crippen LogP contribution in [0, 0.1) is 0 Å². The van der Waals surface area contributed by atoms with Crippen LogP contribution in [0.2, 0.25) is 0 Å². The number of hydrogen-bond donors (Lipinski definition) is 3. The molecule has 0 saturated carbocycles. The molecule has 0 radical (unpaired) electrons. The molecule has 0 aromatic heterocycles. The maximum absolute atomic E-state index is 12.4. The molecule has 0 rings (SSSR count). The highest BCUT2D eigenvalue weighted by Gasteiger charge is 2.30. The highest BCUT2D eigenvalue weighted by atomic mass is 32.2. The molecule has 0 aromatic carbocycles.